The molecule has 2 amide bonds. The van der Waals surface area contributed by atoms with E-state index in [2.05, 4.69) is 15.2 Å². The van der Waals surface area contributed by atoms with Gasteiger partial charge in [-0.3, -0.25) is 14.6 Å². The van der Waals surface area contributed by atoms with Gasteiger partial charge in [0.1, 0.15) is 17.6 Å². The molecule has 1 saturated heterocycles. The van der Waals surface area contributed by atoms with Gasteiger partial charge < -0.3 is 15.2 Å². The van der Waals surface area contributed by atoms with Crippen LogP contribution in [0.1, 0.15) is 31.1 Å². The Bertz CT molecular complexity index is 1240. The van der Waals surface area contributed by atoms with E-state index in [9.17, 15) is 14.0 Å². The molecule has 2 N–H and O–H groups in total. The number of hydrogen-bond acceptors (Lipinski definition) is 7. The van der Waals surface area contributed by atoms with Crippen molar-refractivity contribution in [3.05, 3.63) is 66.3 Å². The van der Waals surface area contributed by atoms with Crippen LogP contribution in [0.25, 0.3) is 11.4 Å². The molecule has 3 heterocycles. The van der Waals surface area contributed by atoms with E-state index in [0.717, 1.165) is 12.8 Å². The fraction of sp³-hybridized carbons (Fsp3) is 0.292. The van der Waals surface area contributed by atoms with Crippen LogP contribution < -0.4 is 10.7 Å². The number of carbonyl (C=O) groups is 2. The van der Waals surface area contributed by atoms with Gasteiger partial charge >= 0.3 is 0 Å². The Morgan fingerprint density at radius 1 is 1.12 bits per heavy atom. The highest BCUT2D eigenvalue weighted by Crippen LogP contribution is 2.30. The molecule has 174 valence electrons. The molecule has 1 fully saturated rings. The first-order chi connectivity index (χ1) is 16.5. The van der Waals surface area contributed by atoms with Crippen molar-refractivity contribution in [3.63, 3.8) is 0 Å². The van der Waals surface area contributed by atoms with Gasteiger partial charge in [0.15, 0.2) is 0 Å². The summed E-state index contributed by atoms with van der Waals surface area (Å²) in [5.74, 6) is -0.588. The molecule has 34 heavy (non-hydrogen) atoms. The lowest BCUT2D eigenvalue weighted by molar-refractivity contribution is -0.125. The van der Waals surface area contributed by atoms with E-state index in [1.807, 2.05) is 30.3 Å². The second kappa shape index (κ2) is 9.05. The van der Waals surface area contributed by atoms with Gasteiger partial charge in [0.25, 0.3) is 5.91 Å². The summed E-state index contributed by atoms with van der Waals surface area (Å²) in [6, 6.07) is 14.4. The number of hydrazone groups is 1. The minimum Gasteiger partial charge on any atom is -0.368 e. The van der Waals surface area contributed by atoms with Gasteiger partial charge in [0, 0.05) is 25.1 Å². The van der Waals surface area contributed by atoms with E-state index < -0.39 is 11.9 Å². The van der Waals surface area contributed by atoms with Crippen molar-refractivity contribution >= 4 is 23.2 Å². The Balaban J connectivity index is 1.32. The predicted molar refractivity (Wildman–Crippen MR) is 122 cm³/mol. The highest BCUT2D eigenvalue weighted by Gasteiger charge is 2.38. The summed E-state index contributed by atoms with van der Waals surface area (Å²) < 4.78 is 19.0. The maximum absolute atomic E-state index is 13.5. The summed E-state index contributed by atoms with van der Waals surface area (Å²) in [5, 5.41) is 9.96. The van der Waals surface area contributed by atoms with Crippen LogP contribution in [0.2, 0.25) is 0 Å². The number of likely N-dealkylation sites (tertiary alicyclic amines) is 1. The third kappa shape index (κ3) is 4.26. The molecule has 0 aliphatic carbocycles. The van der Waals surface area contributed by atoms with E-state index in [1.54, 1.807) is 17.0 Å². The first kappa shape index (κ1) is 21.7. The van der Waals surface area contributed by atoms with Crippen molar-refractivity contribution in [2.75, 3.05) is 18.1 Å². The summed E-state index contributed by atoms with van der Waals surface area (Å²) in [6.45, 7) is 0.945. The molecular weight excluding hydrogens is 439 g/mol. The molecular formula is C24H23FN6O3. The number of anilines is 1. The first-order valence-corrected chi connectivity index (χ1v) is 11.1. The molecule has 2 aliphatic heterocycles. The number of hydrogen-bond donors (Lipinski definition) is 1. The highest BCUT2D eigenvalue weighted by molar-refractivity contribution is 6.40. The van der Waals surface area contributed by atoms with Crippen molar-refractivity contribution in [2.24, 2.45) is 10.8 Å². The second-order valence-electron chi connectivity index (χ2n) is 8.41. The number of primary amides is 1. The predicted octanol–water partition coefficient (Wildman–Crippen LogP) is 2.70. The van der Waals surface area contributed by atoms with Gasteiger partial charge in [0.2, 0.25) is 17.6 Å². The van der Waals surface area contributed by atoms with Gasteiger partial charge in [-0.15, -0.1) is 0 Å². The molecule has 10 heteroatoms. The number of benzene rings is 2. The average molecular weight is 462 g/mol. The quantitative estimate of drug-likeness (QED) is 0.623. The Labute approximate surface area is 195 Å². The molecule has 0 saturated carbocycles. The van der Waals surface area contributed by atoms with E-state index in [1.165, 1.54) is 17.1 Å². The molecule has 5 rings (SSSR count). The summed E-state index contributed by atoms with van der Waals surface area (Å²) >= 11 is 0. The lowest BCUT2D eigenvalue weighted by Gasteiger charge is -2.30. The van der Waals surface area contributed by atoms with Crippen LogP contribution in [0.3, 0.4) is 0 Å². The van der Waals surface area contributed by atoms with Crippen LogP contribution in [-0.2, 0) is 9.59 Å². The molecule has 0 bridgehead atoms. The number of carbonyl (C=O) groups excluding carboxylic acids is 2. The molecule has 2 atom stereocenters. The highest BCUT2D eigenvalue weighted by atomic mass is 19.1. The molecule has 0 spiro atoms. The Morgan fingerprint density at radius 2 is 1.94 bits per heavy atom. The number of nitrogens with two attached hydrogens (primary N) is 1. The van der Waals surface area contributed by atoms with E-state index in [0.29, 0.717) is 41.8 Å². The number of halogens is 1. The molecule has 0 unspecified atom stereocenters. The van der Waals surface area contributed by atoms with E-state index >= 15 is 0 Å². The van der Waals surface area contributed by atoms with Crippen LogP contribution in [0.4, 0.5) is 10.1 Å². The molecule has 1 aromatic heterocycles. The monoisotopic (exact) mass is 462 g/mol. The van der Waals surface area contributed by atoms with Crippen LogP contribution in [0.5, 0.6) is 0 Å². The van der Waals surface area contributed by atoms with Crippen molar-refractivity contribution in [1.82, 2.24) is 15.0 Å². The number of nitrogens with zero attached hydrogens (tertiary/aromatic N) is 5. The van der Waals surface area contributed by atoms with Gasteiger partial charge in [-0.2, -0.15) is 10.1 Å². The average Bonchev–Trinajstić information content (AvgIpc) is 3.53. The maximum atomic E-state index is 13.5. The molecule has 9 nitrogen and oxygen atoms in total. The Hall–Kier alpha value is -4.08. The van der Waals surface area contributed by atoms with Crippen LogP contribution in [0.15, 0.2) is 64.2 Å². The Kier molecular flexibility index (Phi) is 5.79. The molecule has 2 aliphatic rings. The normalized spacial score (nSPS) is 20.3. The summed E-state index contributed by atoms with van der Waals surface area (Å²) in [7, 11) is 0. The zero-order valence-electron chi connectivity index (χ0n) is 18.3. The Morgan fingerprint density at radius 3 is 2.71 bits per heavy atom. The lowest BCUT2D eigenvalue weighted by atomic mass is 9.97. The fourth-order valence-corrected chi connectivity index (χ4v) is 4.37. The number of para-hydroxylation sites is 1. The van der Waals surface area contributed by atoms with Crippen LogP contribution >= 0.6 is 0 Å². The number of aromatic nitrogens is 2. The van der Waals surface area contributed by atoms with Crippen molar-refractivity contribution < 1.29 is 18.5 Å². The summed E-state index contributed by atoms with van der Waals surface area (Å²) in [5.41, 5.74) is 7.11. The largest absolute Gasteiger partial charge is 0.368 e. The van der Waals surface area contributed by atoms with Crippen LogP contribution in [-0.4, -0.2) is 51.7 Å². The van der Waals surface area contributed by atoms with Gasteiger partial charge in [-0.25, -0.2) is 4.39 Å². The number of piperidine rings is 1. The van der Waals surface area contributed by atoms with E-state index in [4.69, 9.17) is 10.3 Å². The zero-order valence-corrected chi connectivity index (χ0v) is 18.3. The first-order valence-electron chi connectivity index (χ1n) is 11.1. The zero-order chi connectivity index (χ0) is 23.7. The summed E-state index contributed by atoms with van der Waals surface area (Å²) in [6.07, 6.45) is 1.68. The van der Waals surface area contributed by atoms with Gasteiger partial charge in [0.05, 0.1) is 11.6 Å². The molecule has 0 radical (unpaired) electrons. The van der Waals surface area contributed by atoms with Crippen molar-refractivity contribution in [3.8, 4) is 11.4 Å². The lowest BCUT2D eigenvalue weighted by Crippen LogP contribution is -2.43. The standard InChI is InChI=1S/C24H23FN6O3/c25-17-8-4-6-15(12-17)22-27-23(34-29-22)16-7-5-11-30(14-16)24(33)19-13-20(21(26)32)31(28-19)18-9-2-1-3-10-18/h1-4,6,8-10,12,16,20H,5,7,11,13-14H2,(H2,26,32)/t16-,20-/m1/s1. The minimum atomic E-state index is -0.716. The fourth-order valence-electron chi connectivity index (χ4n) is 4.37. The number of amides is 2. The maximum Gasteiger partial charge on any atom is 0.270 e. The number of rotatable bonds is 5. The molecule has 3 aromatic rings. The van der Waals surface area contributed by atoms with Crippen molar-refractivity contribution in [1.29, 1.82) is 0 Å². The SMILES string of the molecule is NC(=O)[C@H]1CC(C(=O)N2CCC[C@@H](c3nc(-c4cccc(F)c4)no3)C2)=NN1c1ccccc1. The topological polar surface area (TPSA) is 118 Å². The second-order valence-corrected chi connectivity index (χ2v) is 8.41. The van der Waals surface area contributed by atoms with E-state index in [-0.39, 0.29) is 24.1 Å². The van der Waals surface area contributed by atoms with Crippen molar-refractivity contribution in [2.45, 2.75) is 31.2 Å². The third-order valence-corrected chi connectivity index (χ3v) is 6.09. The van der Waals surface area contributed by atoms with Crippen LogP contribution in [0, 0.1) is 5.82 Å². The van der Waals surface area contributed by atoms with Gasteiger partial charge in [-0.05, 0) is 37.1 Å². The summed E-state index contributed by atoms with van der Waals surface area (Å²) in [4.78, 5) is 31.5. The molecule has 2 aromatic carbocycles. The minimum absolute atomic E-state index is 0.147. The van der Waals surface area contributed by atoms with Gasteiger partial charge in [-0.1, -0.05) is 35.5 Å². The smallest absolute Gasteiger partial charge is 0.270 e. The third-order valence-electron chi connectivity index (χ3n) is 6.09.